The first-order valence-electron chi connectivity index (χ1n) is 6.19. The molecule has 0 saturated heterocycles. The summed E-state index contributed by atoms with van der Waals surface area (Å²) >= 11 is 15.1. The molecule has 1 rings (SSSR count). The third-order valence-electron chi connectivity index (χ3n) is 2.77. The molecular weight excluding hydrogens is 302 g/mol. The van der Waals surface area contributed by atoms with E-state index in [0.717, 1.165) is 0 Å². The molecule has 0 atom stereocenters. The van der Waals surface area contributed by atoms with E-state index >= 15 is 0 Å². The van der Waals surface area contributed by atoms with Crippen molar-refractivity contribution in [2.24, 2.45) is 0 Å². The zero-order valence-electron chi connectivity index (χ0n) is 11.8. The number of hydrogen-bond acceptors (Lipinski definition) is 4. The predicted molar refractivity (Wildman–Crippen MR) is 88.3 cm³/mol. The Morgan fingerprint density at radius 1 is 1.42 bits per heavy atom. The van der Waals surface area contributed by atoms with E-state index in [4.69, 9.17) is 17.3 Å². The summed E-state index contributed by atoms with van der Waals surface area (Å²) in [4.78, 5) is 3.03. The van der Waals surface area contributed by atoms with Gasteiger partial charge in [0.2, 0.25) is 0 Å². The number of halogens is 1. The molecule has 110 valence electrons. The van der Waals surface area contributed by atoms with Gasteiger partial charge in [-0.1, -0.05) is 11.6 Å². The van der Waals surface area contributed by atoms with E-state index in [0.29, 0.717) is 10.7 Å². The first-order valence-corrected chi connectivity index (χ1v) is 7.38. The van der Waals surface area contributed by atoms with Crippen molar-refractivity contribution < 1.29 is 4.90 Å². The van der Waals surface area contributed by atoms with Crippen molar-refractivity contribution in [2.45, 2.75) is 27.7 Å². The van der Waals surface area contributed by atoms with Crippen LogP contribution in [0.2, 0.25) is 5.02 Å². The Balaban J connectivity index is 0.000000399. The highest BCUT2D eigenvalue weighted by Crippen LogP contribution is 2.20. The van der Waals surface area contributed by atoms with Gasteiger partial charge in [0.1, 0.15) is 5.02 Å². The summed E-state index contributed by atoms with van der Waals surface area (Å²) in [6.45, 7) is 12.2. The van der Waals surface area contributed by atoms with Crippen LogP contribution >= 0.6 is 23.8 Å². The van der Waals surface area contributed by atoms with Crippen LogP contribution in [0, 0.1) is 6.92 Å². The minimum atomic E-state index is 0.192. The third kappa shape index (κ3) is 6.38. The van der Waals surface area contributed by atoms with Gasteiger partial charge in [-0.3, -0.25) is 5.43 Å². The average Bonchev–Trinajstić information content (AvgIpc) is 2.59. The van der Waals surface area contributed by atoms with Gasteiger partial charge in [0.25, 0.3) is 0 Å². The van der Waals surface area contributed by atoms with E-state index < -0.39 is 0 Å². The fourth-order valence-corrected chi connectivity index (χ4v) is 1.74. The van der Waals surface area contributed by atoms with Gasteiger partial charge in [0, 0.05) is 0 Å². The first kappa shape index (κ1) is 18.4. The summed E-state index contributed by atoms with van der Waals surface area (Å²) in [6, 6.07) is 0. The number of rotatable bonds is 4. The maximum Gasteiger partial charge on any atom is 0.166 e. The molecule has 5 nitrogen and oxygen atoms in total. The summed E-state index contributed by atoms with van der Waals surface area (Å²) in [5.41, 5.74) is 8.74. The van der Waals surface area contributed by atoms with Crippen LogP contribution in [0.3, 0.4) is 0 Å². The third-order valence-corrected chi connectivity index (χ3v) is 3.41. The lowest BCUT2D eigenvalue weighted by molar-refractivity contribution is -0.894. The van der Waals surface area contributed by atoms with E-state index in [2.05, 4.69) is 56.1 Å². The lowest BCUT2D eigenvalue weighted by Gasteiger charge is -2.10. The lowest BCUT2D eigenvalue weighted by atomic mass is 10.5. The molecule has 0 amide bonds. The summed E-state index contributed by atoms with van der Waals surface area (Å²) in [7, 11) is 0. The Morgan fingerprint density at radius 3 is 2.11 bits per heavy atom. The van der Waals surface area contributed by atoms with Crippen molar-refractivity contribution in [1.82, 2.24) is 9.89 Å². The number of aromatic nitrogens is 2. The number of thiocarbonyl (C=S) groups is 1. The number of anilines is 1. The van der Waals surface area contributed by atoms with Gasteiger partial charge in [0.15, 0.2) is 5.82 Å². The molecule has 0 radical (unpaired) electrons. The molecule has 1 heterocycles. The molecule has 0 aliphatic heterocycles. The maximum absolute atomic E-state index is 5.76. The number of hydrogen-bond donors (Lipinski definition) is 3. The molecule has 0 aliphatic carbocycles. The molecule has 0 bridgehead atoms. The molecule has 0 aromatic carbocycles. The molecular formula is C11H22ClN5S2. The topological polar surface area (TPSA) is 60.3 Å². The smallest absolute Gasteiger partial charge is 0.166 e. The molecule has 0 fully saturated rings. The van der Waals surface area contributed by atoms with Crippen LogP contribution in [-0.4, -0.2) is 33.8 Å². The van der Waals surface area contributed by atoms with Crippen LogP contribution < -0.4 is 16.1 Å². The minimum Gasteiger partial charge on any atom is -0.410 e. The van der Waals surface area contributed by atoms with Crippen molar-refractivity contribution in [1.29, 1.82) is 0 Å². The van der Waals surface area contributed by atoms with E-state index in [1.54, 1.807) is 11.8 Å². The van der Waals surface area contributed by atoms with Crippen molar-refractivity contribution in [2.75, 3.05) is 30.8 Å². The molecule has 0 aliphatic rings. The molecule has 0 saturated carbocycles. The molecule has 0 unspecified atom stereocenters. The van der Waals surface area contributed by atoms with Gasteiger partial charge in [-0.05, 0) is 32.0 Å². The van der Waals surface area contributed by atoms with Crippen molar-refractivity contribution in [3.05, 3.63) is 10.7 Å². The Hall–Kier alpha value is -0.630. The van der Waals surface area contributed by atoms with Crippen molar-refractivity contribution >= 4 is 46.6 Å². The van der Waals surface area contributed by atoms with E-state index in [9.17, 15) is 0 Å². The first-order chi connectivity index (χ1) is 8.87. The second kappa shape index (κ2) is 9.30. The summed E-state index contributed by atoms with van der Waals surface area (Å²) in [5, 5.41) is 4.26. The van der Waals surface area contributed by atoms with Crippen molar-refractivity contribution in [3.8, 4) is 0 Å². The average molecular weight is 324 g/mol. The van der Waals surface area contributed by atoms with Crippen LogP contribution in [0.15, 0.2) is 0 Å². The summed E-state index contributed by atoms with van der Waals surface area (Å²) in [5.74, 6) is 0.257. The number of nitrogens with two attached hydrogens (primary N) is 1. The molecule has 4 N–H and O–H groups in total. The molecule has 8 heteroatoms. The standard InChI is InChI=1S/C6H15N.C5H7ClN4S2/c1-4-7(5-2)6-3;1-2-3(6)4(7)8-10(2)9-5(11)12/h4-6H2,1-3H3;1H3,(H2,7,8)(H2,9,11,12). The highest BCUT2D eigenvalue weighted by molar-refractivity contribution is 8.00. The predicted octanol–water partition coefficient (Wildman–Crippen LogP) is 0.733. The quantitative estimate of drug-likeness (QED) is 0.563. The van der Waals surface area contributed by atoms with Crippen molar-refractivity contribution in [3.63, 3.8) is 0 Å². The molecule has 0 spiro atoms. The van der Waals surface area contributed by atoms with E-state index in [1.165, 1.54) is 24.4 Å². The van der Waals surface area contributed by atoms with Gasteiger partial charge in [-0.2, -0.15) is 4.79 Å². The van der Waals surface area contributed by atoms with Crippen LogP contribution in [0.4, 0.5) is 5.82 Å². The van der Waals surface area contributed by atoms with Crippen LogP contribution in [0.25, 0.3) is 0 Å². The largest absolute Gasteiger partial charge is 0.410 e. The summed E-state index contributed by atoms with van der Waals surface area (Å²) in [6.07, 6.45) is 0. The van der Waals surface area contributed by atoms with Gasteiger partial charge in [-0.25, -0.2) is 0 Å². The Morgan fingerprint density at radius 2 is 1.89 bits per heavy atom. The van der Waals surface area contributed by atoms with Crippen LogP contribution in [0.5, 0.6) is 0 Å². The Labute approximate surface area is 130 Å². The lowest BCUT2D eigenvalue weighted by Crippen LogP contribution is -3.11. The highest BCUT2D eigenvalue weighted by atomic mass is 35.5. The second-order valence-electron chi connectivity index (χ2n) is 3.91. The zero-order valence-corrected chi connectivity index (χ0v) is 14.2. The van der Waals surface area contributed by atoms with Crippen LogP contribution in [-0.2, 0) is 12.6 Å². The number of nitrogens with zero attached hydrogens (tertiary/aromatic N) is 2. The van der Waals surface area contributed by atoms with Gasteiger partial charge >= 0.3 is 0 Å². The van der Waals surface area contributed by atoms with Crippen LogP contribution in [0.1, 0.15) is 26.5 Å². The van der Waals surface area contributed by atoms with E-state index in [1.807, 2.05) is 0 Å². The molecule has 1 aromatic heterocycles. The molecule has 19 heavy (non-hydrogen) atoms. The van der Waals surface area contributed by atoms with E-state index in [-0.39, 0.29) is 10.1 Å². The monoisotopic (exact) mass is 323 g/mol. The SMILES string of the molecule is CC[NH+](CC)CC.Cc1c(Cl)c(N)nn1NC(=S)[S-]. The zero-order chi connectivity index (χ0) is 15.0. The second-order valence-corrected chi connectivity index (χ2v) is 5.36. The number of quaternary nitrogens is 1. The highest BCUT2D eigenvalue weighted by Gasteiger charge is 2.08. The maximum atomic E-state index is 5.76. The van der Waals surface area contributed by atoms with Gasteiger partial charge in [0.05, 0.1) is 25.3 Å². The Kier molecular flexibility index (Phi) is 8.99. The normalized spacial score (nSPS) is 10.0. The minimum absolute atomic E-state index is 0.192. The fourth-order valence-electron chi connectivity index (χ4n) is 1.45. The Bertz CT molecular complexity index is 399. The van der Waals surface area contributed by atoms with Gasteiger partial charge < -0.3 is 35.5 Å². The number of nitrogen functional groups attached to an aromatic ring is 1. The van der Waals surface area contributed by atoms with Gasteiger partial charge in [-0.15, -0.1) is 5.10 Å². The molecule has 1 aromatic rings. The number of nitrogens with one attached hydrogen (secondary N) is 2. The summed E-state index contributed by atoms with van der Waals surface area (Å²) < 4.78 is 0.192. The fraction of sp³-hybridized carbons (Fsp3) is 0.636.